The van der Waals surface area contributed by atoms with E-state index in [4.69, 9.17) is 5.73 Å². The number of nitrogens with one attached hydrogen (secondary N) is 2. The van der Waals surface area contributed by atoms with E-state index in [1.807, 2.05) is 20.8 Å². The number of amides is 2. The normalized spacial score (nSPS) is 10.5. The average Bonchev–Trinajstić information content (AvgIpc) is 2.38. The Labute approximate surface area is 132 Å². The Bertz CT molecular complexity index is 484. The average molecular weight is 314 g/mol. The van der Waals surface area contributed by atoms with Crippen LogP contribution in [0.5, 0.6) is 0 Å². The van der Waals surface area contributed by atoms with E-state index < -0.39 is 5.41 Å². The van der Waals surface area contributed by atoms with E-state index in [-0.39, 0.29) is 24.2 Å². The van der Waals surface area contributed by atoms with Gasteiger partial charge in [-0.1, -0.05) is 32.9 Å². The zero-order chi connectivity index (χ0) is 15.2. The highest BCUT2D eigenvalue weighted by Gasteiger charge is 2.22. The van der Waals surface area contributed by atoms with Crippen molar-refractivity contribution in [2.45, 2.75) is 27.2 Å². The van der Waals surface area contributed by atoms with Gasteiger partial charge in [-0.05, 0) is 25.1 Å². The number of halogens is 1. The molecular formula is C15H24ClN3O2. The Balaban J connectivity index is 0.00000400. The quantitative estimate of drug-likeness (QED) is 0.728. The summed E-state index contributed by atoms with van der Waals surface area (Å²) in [5.74, 6) is -0.331. The predicted octanol–water partition coefficient (Wildman–Crippen LogP) is 2.17. The monoisotopic (exact) mass is 313 g/mol. The van der Waals surface area contributed by atoms with Crippen molar-refractivity contribution in [2.24, 2.45) is 11.1 Å². The molecule has 0 saturated carbocycles. The molecule has 4 N–H and O–H groups in total. The van der Waals surface area contributed by atoms with Crippen molar-refractivity contribution in [3.63, 3.8) is 0 Å². The fourth-order valence-electron chi connectivity index (χ4n) is 1.50. The van der Waals surface area contributed by atoms with Crippen LogP contribution in [0, 0.1) is 5.41 Å². The molecule has 21 heavy (non-hydrogen) atoms. The number of hydrogen-bond acceptors (Lipinski definition) is 3. The van der Waals surface area contributed by atoms with Crippen molar-refractivity contribution in [1.29, 1.82) is 0 Å². The second-order valence-corrected chi connectivity index (χ2v) is 5.65. The van der Waals surface area contributed by atoms with Gasteiger partial charge in [0, 0.05) is 12.0 Å². The number of carbonyl (C=O) groups is 2. The predicted molar refractivity (Wildman–Crippen MR) is 87.8 cm³/mol. The number of para-hydroxylation sites is 1. The second kappa shape index (κ2) is 8.64. The van der Waals surface area contributed by atoms with E-state index in [2.05, 4.69) is 10.6 Å². The minimum absolute atomic E-state index is 0. The van der Waals surface area contributed by atoms with Gasteiger partial charge in [-0.2, -0.15) is 0 Å². The maximum Gasteiger partial charge on any atom is 0.253 e. The van der Waals surface area contributed by atoms with Crippen LogP contribution in [0.4, 0.5) is 5.69 Å². The molecule has 0 aromatic heterocycles. The molecule has 5 nitrogen and oxygen atoms in total. The molecule has 0 spiro atoms. The topological polar surface area (TPSA) is 84.2 Å². The maximum absolute atomic E-state index is 12.1. The number of hydrogen-bond donors (Lipinski definition) is 3. The molecule has 1 aromatic carbocycles. The lowest BCUT2D eigenvalue weighted by molar-refractivity contribution is -0.123. The minimum atomic E-state index is -0.511. The minimum Gasteiger partial charge on any atom is -0.352 e. The summed E-state index contributed by atoms with van der Waals surface area (Å²) >= 11 is 0. The molecule has 0 aliphatic carbocycles. The van der Waals surface area contributed by atoms with Crippen molar-refractivity contribution in [3.05, 3.63) is 29.8 Å². The van der Waals surface area contributed by atoms with Gasteiger partial charge in [0.1, 0.15) is 0 Å². The molecule has 0 heterocycles. The first-order chi connectivity index (χ1) is 9.36. The van der Waals surface area contributed by atoms with Crippen LogP contribution in [-0.4, -0.2) is 24.9 Å². The molecule has 118 valence electrons. The zero-order valence-corrected chi connectivity index (χ0v) is 13.5. The number of benzene rings is 1. The van der Waals surface area contributed by atoms with Gasteiger partial charge in [0.2, 0.25) is 5.91 Å². The second-order valence-electron chi connectivity index (χ2n) is 5.65. The van der Waals surface area contributed by atoms with E-state index in [0.717, 1.165) is 6.42 Å². The molecule has 0 radical (unpaired) electrons. The third kappa shape index (κ3) is 6.14. The molecule has 0 unspecified atom stereocenters. The Morgan fingerprint density at radius 2 is 1.81 bits per heavy atom. The van der Waals surface area contributed by atoms with Crippen LogP contribution in [0.25, 0.3) is 0 Å². The Morgan fingerprint density at radius 1 is 1.19 bits per heavy atom. The third-order valence-corrected chi connectivity index (χ3v) is 2.77. The molecule has 6 heteroatoms. The lowest BCUT2D eigenvalue weighted by Crippen LogP contribution is -2.30. The maximum atomic E-state index is 12.1. The summed E-state index contributed by atoms with van der Waals surface area (Å²) < 4.78 is 0. The first-order valence-corrected chi connectivity index (χ1v) is 6.75. The SMILES string of the molecule is CC(C)(C)C(=O)Nc1ccccc1C(=O)NCCCN.Cl. The molecule has 0 saturated heterocycles. The molecule has 2 amide bonds. The van der Waals surface area contributed by atoms with Crippen molar-refractivity contribution in [3.8, 4) is 0 Å². The third-order valence-electron chi connectivity index (χ3n) is 2.77. The summed E-state index contributed by atoms with van der Waals surface area (Å²) in [4.78, 5) is 24.1. The van der Waals surface area contributed by atoms with Crippen LogP contribution in [0.1, 0.15) is 37.6 Å². The van der Waals surface area contributed by atoms with E-state index in [0.29, 0.717) is 24.3 Å². The lowest BCUT2D eigenvalue weighted by atomic mass is 9.95. The molecule has 0 aliphatic rings. The first-order valence-electron chi connectivity index (χ1n) is 6.75. The highest BCUT2D eigenvalue weighted by Crippen LogP contribution is 2.20. The molecule has 1 rings (SSSR count). The molecule has 1 aromatic rings. The van der Waals surface area contributed by atoms with E-state index in [9.17, 15) is 9.59 Å². The first kappa shape index (κ1) is 19.4. The van der Waals surface area contributed by atoms with Gasteiger partial charge in [0.15, 0.2) is 0 Å². The van der Waals surface area contributed by atoms with Gasteiger partial charge in [0.05, 0.1) is 11.3 Å². The summed E-state index contributed by atoms with van der Waals surface area (Å²) in [6.07, 6.45) is 0.724. The van der Waals surface area contributed by atoms with Gasteiger partial charge < -0.3 is 16.4 Å². The standard InChI is InChI=1S/C15H23N3O2.ClH/c1-15(2,3)14(20)18-12-8-5-4-7-11(12)13(19)17-10-6-9-16;/h4-5,7-8H,6,9-10,16H2,1-3H3,(H,17,19)(H,18,20);1H. The molecule has 0 bridgehead atoms. The Morgan fingerprint density at radius 3 is 2.38 bits per heavy atom. The van der Waals surface area contributed by atoms with Crippen LogP contribution in [0.2, 0.25) is 0 Å². The largest absolute Gasteiger partial charge is 0.352 e. The smallest absolute Gasteiger partial charge is 0.253 e. The highest BCUT2D eigenvalue weighted by molar-refractivity contribution is 6.04. The van der Waals surface area contributed by atoms with Crippen LogP contribution in [0.15, 0.2) is 24.3 Å². The summed E-state index contributed by atoms with van der Waals surface area (Å²) in [5.41, 5.74) is 5.86. The van der Waals surface area contributed by atoms with E-state index >= 15 is 0 Å². The Kier molecular flexibility index (Phi) is 7.99. The van der Waals surface area contributed by atoms with Gasteiger partial charge in [0.25, 0.3) is 5.91 Å². The van der Waals surface area contributed by atoms with E-state index in [1.54, 1.807) is 24.3 Å². The number of anilines is 1. The lowest BCUT2D eigenvalue weighted by Gasteiger charge is -2.19. The molecular weight excluding hydrogens is 290 g/mol. The number of rotatable bonds is 5. The summed E-state index contributed by atoms with van der Waals surface area (Å²) in [7, 11) is 0. The van der Waals surface area contributed by atoms with Crippen molar-refractivity contribution < 1.29 is 9.59 Å². The van der Waals surface area contributed by atoms with Gasteiger partial charge in [-0.25, -0.2) is 0 Å². The van der Waals surface area contributed by atoms with E-state index in [1.165, 1.54) is 0 Å². The molecule has 0 atom stereocenters. The van der Waals surface area contributed by atoms with Crippen molar-refractivity contribution >= 4 is 29.9 Å². The van der Waals surface area contributed by atoms with Gasteiger partial charge in [-0.3, -0.25) is 9.59 Å². The highest BCUT2D eigenvalue weighted by atomic mass is 35.5. The summed E-state index contributed by atoms with van der Waals surface area (Å²) in [6, 6.07) is 6.97. The van der Waals surface area contributed by atoms with Gasteiger partial charge in [-0.15, -0.1) is 12.4 Å². The number of carbonyl (C=O) groups excluding carboxylic acids is 2. The molecule has 0 aliphatic heterocycles. The van der Waals surface area contributed by atoms with Crippen molar-refractivity contribution in [2.75, 3.05) is 18.4 Å². The molecule has 0 fully saturated rings. The van der Waals surface area contributed by atoms with Crippen LogP contribution >= 0.6 is 12.4 Å². The van der Waals surface area contributed by atoms with Crippen LogP contribution in [0.3, 0.4) is 0 Å². The zero-order valence-electron chi connectivity index (χ0n) is 12.7. The summed E-state index contributed by atoms with van der Waals surface area (Å²) in [5, 5.41) is 5.58. The fraction of sp³-hybridized carbons (Fsp3) is 0.467. The Hall–Kier alpha value is -1.59. The number of nitrogens with two attached hydrogens (primary N) is 1. The van der Waals surface area contributed by atoms with Crippen LogP contribution in [-0.2, 0) is 4.79 Å². The summed E-state index contributed by atoms with van der Waals surface area (Å²) in [6.45, 7) is 6.53. The fourth-order valence-corrected chi connectivity index (χ4v) is 1.50. The van der Waals surface area contributed by atoms with Gasteiger partial charge >= 0.3 is 0 Å². The van der Waals surface area contributed by atoms with Crippen molar-refractivity contribution in [1.82, 2.24) is 5.32 Å². The van der Waals surface area contributed by atoms with Crippen LogP contribution < -0.4 is 16.4 Å².